The zero-order chi connectivity index (χ0) is 21.1. The summed E-state index contributed by atoms with van der Waals surface area (Å²) >= 11 is 1.95. The van der Waals surface area contributed by atoms with Crippen molar-refractivity contribution in [2.24, 2.45) is 22.7 Å². The number of aliphatic hydroxyl groups is 1. The number of nitrogens with one attached hydrogen (secondary N) is 2. The first-order chi connectivity index (χ1) is 14.0. The molecule has 168 valence electrons. The Kier molecular flexibility index (Phi) is 11.2. The zero-order valence-electron chi connectivity index (χ0n) is 18.7. The van der Waals surface area contributed by atoms with Crippen LogP contribution in [0.4, 0.5) is 0 Å². The lowest BCUT2D eigenvalue weighted by Crippen LogP contribution is -2.47. The summed E-state index contributed by atoms with van der Waals surface area (Å²) in [6.07, 6.45) is 5.89. The maximum atomic E-state index is 12.8. The zero-order valence-corrected chi connectivity index (χ0v) is 19.5. The third kappa shape index (κ3) is 8.75. The largest absolute Gasteiger partial charge is 0.396 e. The number of rotatable bonds is 9. The van der Waals surface area contributed by atoms with Gasteiger partial charge in [0.05, 0.1) is 0 Å². The van der Waals surface area contributed by atoms with Gasteiger partial charge in [-0.05, 0) is 57.3 Å². The summed E-state index contributed by atoms with van der Waals surface area (Å²) in [5.74, 6) is 4.66. The van der Waals surface area contributed by atoms with E-state index in [0.717, 1.165) is 82.2 Å². The van der Waals surface area contributed by atoms with E-state index in [-0.39, 0.29) is 12.5 Å². The molecule has 6 nitrogen and oxygen atoms in total. The van der Waals surface area contributed by atoms with Gasteiger partial charge in [0.2, 0.25) is 5.91 Å². The highest BCUT2D eigenvalue weighted by Gasteiger charge is 2.30. The Labute approximate surface area is 181 Å². The number of carbonyl (C=O) groups excluding carboxylic acids is 1. The number of guanidine groups is 1. The van der Waals surface area contributed by atoms with Crippen LogP contribution < -0.4 is 10.6 Å². The molecule has 2 rings (SSSR count). The normalized spacial score (nSPS) is 24.4. The molecule has 1 amide bonds. The quantitative estimate of drug-likeness (QED) is 0.390. The van der Waals surface area contributed by atoms with Gasteiger partial charge in [-0.25, -0.2) is 0 Å². The van der Waals surface area contributed by atoms with Crippen LogP contribution in [-0.2, 0) is 4.79 Å². The van der Waals surface area contributed by atoms with Gasteiger partial charge in [0, 0.05) is 56.3 Å². The number of hydrogen-bond acceptors (Lipinski definition) is 4. The van der Waals surface area contributed by atoms with Crippen LogP contribution in [0.15, 0.2) is 4.99 Å². The van der Waals surface area contributed by atoms with Crippen molar-refractivity contribution in [3.8, 4) is 0 Å². The van der Waals surface area contributed by atoms with Crippen LogP contribution in [0.5, 0.6) is 0 Å². The number of carbonyl (C=O) groups is 1. The van der Waals surface area contributed by atoms with Gasteiger partial charge in [-0.3, -0.25) is 9.79 Å². The molecule has 0 aromatic heterocycles. The first-order valence-corrected chi connectivity index (χ1v) is 12.7. The second kappa shape index (κ2) is 13.4. The minimum absolute atomic E-state index is 0.204. The van der Waals surface area contributed by atoms with Crippen molar-refractivity contribution < 1.29 is 9.90 Å². The summed E-state index contributed by atoms with van der Waals surface area (Å²) in [6, 6.07) is 0.384. The van der Waals surface area contributed by atoms with Crippen LogP contribution in [0, 0.1) is 17.8 Å². The molecule has 2 fully saturated rings. The van der Waals surface area contributed by atoms with Crippen molar-refractivity contribution in [3.05, 3.63) is 0 Å². The van der Waals surface area contributed by atoms with Crippen molar-refractivity contribution in [1.82, 2.24) is 15.5 Å². The van der Waals surface area contributed by atoms with Crippen molar-refractivity contribution in [2.45, 2.75) is 65.3 Å². The lowest BCUT2D eigenvalue weighted by molar-refractivity contribution is -0.136. The van der Waals surface area contributed by atoms with Crippen molar-refractivity contribution in [3.63, 3.8) is 0 Å². The second-order valence-corrected chi connectivity index (χ2v) is 10.1. The van der Waals surface area contributed by atoms with Gasteiger partial charge in [-0.2, -0.15) is 11.8 Å². The molecule has 0 aromatic rings. The molecule has 7 heteroatoms. The predicted molar refractivity (Wildman–Crippen MR) is 123 cm³/mol. The van der Waals surface area contributed by atoms with Gasteiger partial charge >= 0.3 is 0 Å². The third-order valence-electron chi connectivity index (χ3n) is 5.93. The molecule has 0 radical (unpaired) electrons. The monoisotopic (exact) mass is 426 g/mol. The topological polar surface area (TPSA) is 77.0 Å². The Balaban J connectivity index is 1.82. The minimum Gasteiger partial charge on any atom is -0.396 e. The summed E-state index contributed by atoms with van der Waals surface area (Å²) in [5.41, 5.74) is 0. The fraction of sp³-hybridized carbons (Fsp3) is 0.909. The van der Waals surface area contributed by atoms with Gasteiger partial charge < -0.3 is 20.6 Å². The summed E-state index contributed by atoms with van der Waals surface area (Å²) in [6.45, 7) is 10.2. The molecule has 1 aliphatic carbocycles. The molecule has 1 unspecified atom stereocenters. The van der Waals surface area contributed by atoms with Gasteiger partial charge in [-0.15, -0.1) is 0 Å². The first kappa shape index (κ1) is 24.3. The van der Waals surface area contributed by atoms with Crippen LogP contribution in [0.3, 0.4) is 0 Å². The molecule has 1 heterocycles. The maximum absolute atomic E-state index is 12.8. The van der Waals surface area contributed by atoms with Crippen molar-refractivity contribution in [2.75, 3.05) is 44.3 Å². The van der Waals surface area contributed by atoms with Crippen LogP contribution in [-0.4, -0.2) is 72.2 Å². The molecule has 0 spiro atoms. The average Bonchev–Trinajstić information content (AvgIpc) is 2.72. The highest BCUT2D eigenvalue weighted by Crippen LogP contribution is 2.27. The highest BCUT2D eigenvalue weighted by atomic mass is 32.2. The lowest BCUT2D eigenvalue weighted by atomic mass is 9.85. The molecule has 2 aliphatic rings. The van der Waals surface area contributed by atoms with E-state index >= 15 is 0 Å². The van der Waals surface area contributed by atoms with Crippen LogP contribution in [0.25, 0.3) is 0 Å². The first-order valence-electron chi connectivity index (χ1n) is 11.6. The van der Waals surface area contributed by atoms with E-state index in [1.807, 2.05) is 11.8 Å². The fourth-order valence-electron chi connectivity index (χ4n) is 4.39. The molecule has 1 saturated heterocycles. The number of aliphatic imine (C=N–C) groups is 1. The Morgan fingerprint density at radius 3 is 2.48 bits per heavy atom. The number of amides is 1. The Bertz CT molecular complexity index is 501. The molecule has 1 atom stereocenters. The molecule has 29 heavy (non-hydrogen) atoms. The van der Waals surface area contributed by atoms with Gasteiger partial charge in [-0.1, -0.05) is 13.8 Å². The van der Waals surface area contributed by atoms with Gasteiger partial charge in [0.1, 0.15) is 0 Å². The maximum Gasteiger partial charge on any atom is 0.225 e. The van der Waals surface area contributed by atoms with Crippen molar-refractivity contribution in [1.29, 1.82) is 0 Å². The lowest BCUT2D eigenvalue weighted by Gasteiger charge is -2.34. The number of aliphatic hydroxyl groups excluding tert-OH is 1. The van der Waals surface area contributed by atoms with Crippen LogP contribution in [0.1, 0.15) is 59.3 Å². The Morgan fingerprint density at radius 1 is 1.21 bits per heavy atom. The summed E-state index contributed by atoms with van der Waals surface area (Å²) in [5, 5.41) is 16.3. The standard InChI is InChI=1S/C22H42N4O2S/c1-4-23-22(24-16-18(9-12-27)15-17(2)3)25-20-7-5-19(6-8-20)21(28)26-10-13-29-14-11-26/h17-20,27H,4-16H2,1-3H3,(H2,23,24,25). The van der Waals surface area contributed by atoms with E-state index in [1.165, 1.54) is 0 Å². The second-order valence-electron chi connectivity index (χ2n) is 8.86. The van der Waals surface area contributed by atoms with E-state index in [4.69, 9.17) is 4.99 Å². The van der Waals surface area contributed by atoms with Crippen LogP contribution in [0.2, 0.25) is 0 Å². The number of thioether (sulfide) groups is 1. The summed E-state index contributed by atoms with van der Waals surface area (Å²) < 4.78 is 0. The summed E-state index contributed by atoms with van der Waals surface area (Å²) in [7, 11) is 0. The van der Waals surface area contributed by atoms with Gasteiger partial charge in [0.25, 0.3) is 0 Å². The van der Waals surface area contributed by atoms with E-state index in [0.29, 0.717) is 23.8 Å². The molecule has 3 N–H and O–H groups in total. The molecule has 0 aromatic carbocycles. The minimum atomic E-state index is 0.204. The van der Waals surface area contributed by atoms with E-state index < -0.39 is 0 Å². The number of hydrogen-bond donors (Lipinski definition) is 3. The van der Waals surface area contributed by atoms with E-state index in [1.54, 1.807) is 0 Å². The number of nitrogens with zero attached hydrogens (tertiary/aromatic N) is 2. The molecule has 0 bridgehead atoms. The van der Waals surface area contributed by atoms with E-state index in [2.05, 4.69) is 36.3 Å². The highest BCUT2D eigenvalue weighted by molar-refractivity contribution is 7.99. The SMILES string of the molecule is CCNC(=NCC(CCO)CC(C)C)NC1CCC(C(=O)N2CCSCC2)CC1. The Morgan fingerprint density at radius 2 is 1.90 bits per heavy atom. The van der Waals surface area contributed by atoms with Crippen LogP contribution >= 0.6 is 11.8 Å². The summed E-state index contributed by atoms with van der Waals surface area (Å²) in [4.78, 5) is 19.6. The van der Waals surface area contributed by atoms with Crippen molar-refractivity contribution >= 4 is 23.6 Å². The third-order valence-corrected chi connectivity index (χ3v) is 6.88. The predicted octanol–water partition coefficient (Wildman–Crippen LogP) is 2.72. The average molecular weight is 427 g/mol. The smallest absolute Gasteiger partial charge is 0.225 e. The van der Waals surface area contributed by atoms with Gasteiger partial charge in [0.15, 0.2) is 5.96 Å². The molecular formula is C22H42N4O2S. The molecular weight excluding hydrogens is 384 g/mol. The molecule has 1 aliphatic heterocycles. The van der Waals surface area contributed by atoms with E-state index in [9.17, 15) is 9.90 Å². The molecule has 1 saturated carbocycles. The Hall–Kier alpha value is -0.950. The fourth-order valence-corrected chi connectivity index (χ4v) is 5.30.